The molecule has 3 heteroatoms. The van der Waals surface area contributed by atoms with Crippen LogP contribution in [0.1, 0.15) is 18.5 Å². The van der Waals surface area contributed by atoms with Crippen molar-refractivity contribution >= 4 is 10.9 Å². The summed E-state index contributed by atoms with van der Waals surface area (Å²) < 4.78 is 5.47. The van der Waals surface area contributed by atoms with Gasteiger partial charge in [-0.2, -0.15) is 0 Å². The van der Waals surface area contributed by atoms with Crippen molar-refractivity contribution in [2.75, 3.05) is 20.3 Å². The first-order valence-electron chi connectivity index (χ1n) is 7.45. The number of pyridine rings is 1. The van der Waals surface area contributed by atoms with Gasteiger partial charge in [-0.15, -0.1) is 0 Å². The van der Waals surface area contributed by atoms with E-state index < -0.39 is 0 Å². The molecular formula is C17H22N2O. The minimum absolute atomic E-state index is 0.482. The van der Waals surface area contributed by atoms with E-state index in [2.05, 4.69) is 35.6 Å². The van der Waals surface area contributed by atoms with Crippen LogP contribution in [0.4, 0.5) is 0 Å². The fourth-order valence-corrected chi connectivity index (χ4v) is 2.95. The van der Waals surface area contributed by atoms with Crippen LogP contribution >= 0.6 is 0 Å². The van der Waals surface area contributed by atoms with Crippen molar-refractivity contribution in [3.05, 3.63) is 42.1 Å². The van der Waals surface area contributed by atoms with Crippen LogP contribution in [-0.4, -0.2) is 31.3 Å². The van der Waals surface area contributed by atoms with Gasteiger partial charge in [-0.3, -0.25) is 4.98 Å². The molecule has 2 heterocycles. The largest absolute Gasteiger partial charge is 0.381 e. The number of ether oxygens (including phenoxy) is 1. The van der Waals surface area contributed by atoms with E-state index in [4.69, 9.17) is 9.72 Å². The number of aromatic nitrogens is 1. The molecular weight excluding hydrogens is 248 g/mol. The predicted molar refractivity (Wildman–Crippen MR) is 81.8 cm³/mol. The van der Waals surface area contributed by atoms with Gasteiger partial charge < -0.3 is 10.1 Å². The van der Waals surface area contributed by atoms with Gasteiger partial charge in [-0.25, -0.2) is 0 Å². The lowest BCUT2D eigenvalue weighted by Crippen LogP contribution is -2.30. The van der Waals surface area contributed by atoms with Crippen molar-refractivity contribution in [3.63, 3.8) is 0 Å². The Balaban J connectivity index is 1.69. The summed E-state index contributed by atoms with van der Waals surface area (Å²) in [5, 5.41) is 4.64. The summed E-state index contributed by atoms with van der Waals surface area (Å²) in [6.07, 6.45) is 3.35. The molecule has 0 saturated carbocycles. The average Bonchev–Trinajstić information content (AvgIpc) is 2.99. The van der Waals surface area contributed by atoms with E-state index in [1.54, 1.807) is 0 Å². The van der Waals surface area contributed by atoms with E-state index in [1.807, 2.05) is 13.1 Å². The lowest BCUT2D eigenvalue weighted by atomic mass is 9.96. The van der Waals surface area contributed by atoms with Crippen LogP contribution in [0.25, 0.3) is 10.9 Å². The van der Waals surface area contributed by atoms with Crippen LogP contribution in [0, 0.1) is 5.92 Å². The number of likely N-dealkylation sites (N-methyl/N-ethyl adjacent to an activating group) is 1. The van der Waals surface area contributed by atoms with Gasteiger partial charge >= 0.3 is 0 Å². The number of para-hydroxylation sites is 1. The molecule has 1 aliphatic heterocycles. The summed E-state index contributed by atoms with van der Waals surface area (Å²) in [6.45, 7) is 1.85. The monoisotopic (exact) mass is 270 g/mol. The minimum Gasteiger partial charge on any atom is -0.381 e. The summed E-state index contributed by atoms with van der Waals surface area (Å²) in [7, 11) is 2.04. The molecule has 2 unspecified atom stereocenters. The molecule has 0 bridgehead atoms. The Bertz CT molecular complexity index is 564. The molecule has 0 spiro atoms. The van der Waals surface area contributed by atoms with E-state index in [9.17, 15) is 0 Å². The second kappa shape index (κ2) is 6.33. The van der Waals surface area contributed by atoms with E-state index in [-0.39, 0.29) is 0 Å². The zero-order valence-electron chi connectivity index (χ0n) is 12.0. The molecule has 3 rings (SSSR count). The first kappa shape index (κ1) is 13.5. The first-order valence-corrected chi connectivity index (χ1v) is 7.45. The van der Waals surface area contributed by atoms with Crippen molar-refractivity contribution in [1.82, 2.24) is 10.3 Å². The minimum atomic E-state index is 0.482. The summed E-state index contributed by atoms with van der Waals surface area (Å²) in [6, 6.07) is 13.1. The highest BCUT2D eigenvalue weighted by Gasteiger charge is 2.20. The van der Waals surface area contributed by atoms with Gasteiger partial charge in [0.25, 0.3) is 0 Å². The maximum Gasteiger partial charge on any atom is 0.0705 e. The molecule has 1 fully saturated rings. The molecule has 20 heavy (non-hydrogen) atoms. The van der Waals surface area contributed by atoms with Crippen molar-refractivity contribution < 1.29 is 4.74 Å². The Morgan fingerprint density at radius 3 is 3.00 bits per heavy atom. The molecule has 0 aliphatic carbocycles. The Morgan fingerprint density at radius 2 is 2.20 bits per heavy atom. The maximum atomic E-state index is 5.47. The van der Waals surface area contributed by atoms with Crippen LogP contribution in [0.5, 0.6) is 0 Å². The highest BCUT2D eigenvalue weighted by Crippen LogP contribution is 2.20. The summed E-state index contributed by atoms with van der Waals surface area (Å²) in [4.78, 5) is 4.77. The third-order valence-electron chi connectivity index (χ3n) is 4.16. The van der Waals surface area contributed by atoms with E-state index >= 15 is 0 Å². The number of nitrogens with zero attached hydrogens (tertiary/aromatic N) is 1. The maximum absolute atomic E-state index is 5.47. The van der Waals surface area contributed by atoms with Crippen LogP contribution in [0.3, 0.4) is 0 Å². The van der Waals surface area contributed by atoms with Gasteiger partial charge in [-0.1, -0.05) is 24.3 Å². The number of rotatable bonds is 5. The fourth-order valence-electron chi connectivity index (χ4n) is 2.95. The quantitative estimate of drug-likeness (QED) is 0.907. The van der Waals surface area contributed by atoms with Crippen molar-refractivity contribution in [1.29, 1.82) is 0 Å². The lowest BCUT2D eigenvalue weighted by molar-refractivity contribution is 0.181. The third-order valence-corrected chi connectivity index (χ3v) is 4.16. The summed E-state index contributed by atoms with van der Waals surface area (Å²) in [5.74, 6) is 0.702. The van der Waals surface area contributed by atoms with Gasteiger partial charge in [0.15, 0.2) is 0 Å². The molecule has 1 saturated heterocycles. The highest BCUT2D eigenvalue weighted by molar-refractivity contribution is 5.78. The van der Waals surface area contributed by atoms with Crippen LogP contribution in [0.2, 0.25) is 0 Å². The Hall–Kier alpha value is -1.45. The molecule has 0 amide bonds. The van der Waals surface area contributed by atoms with Crippen molar-refractivity contribution in [2.24, 2.45) is 5.92 Å². The van der Waals surface area contributed by atoms with Crippen LogP contribution in [0.15, 0.2) is 36.4 Å². The highest BCUT2D eigenvalue weighted by atomic mass is 16.5. The van der Waals surface area contributed by atoms with Gasteiger partial charge in [0.05, 0.1) is 5.52 Å². The molecule has 106 valence electrons. The normalized spacial score (nSPS) is 20.4. The molecule has 1 N–H and O–H groups in total. The molecule has 1 aromatic heterocycles. The van der Waals surface area contributed by atoms with Gasteiger partial charge in [0.1, 0.15) is 0 Å². The average molecular weight is 270 g/mol. The number of hydrogen-bond acceptors (Lipinski definition) is 3. The second-order valence-corrected chi connectivity index (χ2v) is 5.65. The molecule has 1 aliphatic rings. The molecule has 0 radical (unpaired) electrons. The number of nitrogens with one attached hydrogen (secondary N) is 1. The molecule has 2 atom stereocenters. The Labute approximate surface area is 120 Å². The number of fused-ring (bicyclic) bond motifs is 1. The number of hydrogen-bond donors (Lipinski definition) is 1. The topological polar surface area (TPSA) is 34.2 Å². The third kappa shape index (κ3) is 3.17. The van der Waals surface area contributed by atoms with Crippen molar-refractivity contribution in [2.45, 2.75) is 25.3 Å². The van der Waals surface area contributed by atoms with Crippen LogP contribution < -0.4 is 5.32 Å². The zero-order chi connectivity index (χ0) is 13.8. The molecule has 3 nitrogen and oxygen atoms in total. The van der Waals surface area contributed by atoms with Gasteiger partial charge in [-0.05, 0) is 37.9 Å². The second-order valence-electron chi connectivity index (χ2n) is 5.65. The van der Waals surface area contributed by atoms with E-state index in [1.165, 1.54) is 23.9 Å². The summed E-state index contributed by atoms with van der Waals surface area (Å²) >= 11 is 0. The fraction of sp³-hybridized carbons (Fsp3) is 0.471. The Kier molecular flexibility index (Phi) is 4.28. The standard InChI is InChI=1S/C17H22N2O/c1-18-16(10-13-8-9-20-12-13)11-15-7-6-14-4-2-3-5-17(14)19-15/h2-7,13,16,18H,8-12H2,1H3. The van der Waals surface area contributed by atoms with E-state index in [0.717, 1.165) is 25.2 Å². The Morgan fingerprint density at radius 1 is 1.30 bits per heavy atom. The summed E-state index contributed by atoms with van der Waals surface area (Å²) in [5.41, 5.74) is 2.26. The van der Waals surface area contributed by atoms with Gasteiger partial charge in [0.2, 0.25) is 0 Å². The van der Waals surface area contributed by atoms with Crippen LogP contribution in [-0.2, 0) is 11.2 Å². The molecule has 2 aromatic rings. The first-order chi connectivity index (χ1) is 9.85. The lowest BCUT2D eigenvalue weighted by Gasteiger charge is -2.19. The SMILES string of the molecule is CNC(Cc1ccc2ccccc2n1)CC1CCOC1. The zero-order valence-corrected chi connectivity index (χ0v) is 12.0. The predicted octanol–water partition coefficient (Wildman–Crippen LogP) is 2.79. The van der Waals surface area contributed by atoms with E-state index in [0.29, 0.717) is 12.0 Å². The molecule has 1 aromatic carbocycles. The van der Waals surface area contributed by atoms with Gasteiger partial charge in [0, 0.05) is 36.8 Å². The number of benzene rings is 1. The van der Waals surface area contributed by atoms with Crippen molar-refractivity contribution in [3.8, 4) is 0 Å². The smallest absolute Gasteiger partial charge is 0.0705 e.